The van der Waals surface area contributed by atoms with Gasteiger partial charge in [-0.25, -0.2) is 4.98 Å². The largest absolute Gasteiger partial charge is 0.293 e. The highest BCUT2D eigenvalue weighted by Crippen LogP contribution is 2.35. The number of aromatic nitrogens is 4. The number of benzene rings is 3. The minimum Gasteiger partial charge on any atom is -0.293 e. The third kappa shape index (κ3) is 5.34. The van der Waals surface area contributed by atoms with Crippen molar-refractivity contribution < 1.29 is 0 Å². The number of fused-ring (bicyclic) bond motifs is 4. The molecule has 0 atom stereocenters. The van der Waals surface area contributed by atoms with E-state index in [9.17, 15) is 0 Å². The summed E-state index contributed by atoms with van der Waals surface area (Å²) >= 11 is 0. The number of hydrogen-bond donors (Lipinski definition) is 0. The zero-order chi connectivity index (χ0) is 30.5. The molecule has 0 radical (unpaired) electrons. The minimum absolute atomic E-state index is 0.0612. The first-order chi connectivity index (χ1) is 20.5. The highest BCUT2D eigenvalue weighted by molar-refractivity contribution is 6.10. The summed E-state index contributed by atoms with van der Waals surface area (Å²) < 4.78 is 4.44. The van der Waals surface area contributed by atoms with Crippen molar-refractivity contribution in [3.8, 4) is 11.6 Å². The van der Waals surface area contributed by atoms with E-state index in [0.717, 1.165) is 62.2 Å². The van der Waals surface area contributed by atoms with Crippen LogP contribution in [0.1, 0.15) is 70.3 Å². The third-order valence-corrected chi connectivity index (χ3v) is 8.07. The van der Waals surface area contributed by atoms with Crippen LogP contribution in [0.25, 0.3) is 62.6 Å². The lowest BCUT2D eigenvalue weighted by Crippen LogP contribution is -2.10. The van der Waals surface area contributed by atoms with Crippen LogP contribution in [0.2, 0.25) is 0 Å². The molecule has 0 unspecified atom stereocenters. The predicted octanol–water partition coefficient (Wildman–Crippen LogP) is 10.6. The lowest BCUT2D eigenvalue weighted by Gasteiger charge is -2.19. The zero-order valence-corrected chi connectivity index (χ0v) is 26.1. The molecule has 0 spiro atoms. The number of hydrogen-bond acceptors (Lipinski definition) is 2. The van der Waals surface area contributed by atoms with E-state index in [1.165, 1.54) is 10.9 Å². The maximum Gasteiger partial charge on any atom is 0.158 e. The molecule has 4 heteroatoms. The average molecular weight is 565 g/mol. The maximum absolute atomic E-state index is 5.27. The molecule has 0 bridgehead atoms. The molecule has 0 amide bonds. The van der Waals surface area contributed by atoms with Gasteiger partial charge in [-0.2, -0.15) is 0 Å². The Balaban J connectivity index is 1.58. The molecule has 216 valence electrons. The topological polar surface area (TPSA) is 35.6 Å². The highest BCUT2D eigenvalue weighted by atomic mass is 15.2. The Morgan fingerprint density at radius 2 is 1.28 bits per heavy atom. The van der Waals surface area contributed by atoms with Crippen LogP contribution in [0.15, 0.2) is 92.3 Å². The van der Waals surface area contributed by atoms with Gasteiger partial charge in [0.05, 0.1) is 28.9 Å². The second-order valence-electron chi connectivity index (χ2n) is 13.6. The smallest absolute Gasteiger partial charge is 0.158 e. The van der Waals surface area contributed by atoms with Gasteiger partial charge >= 0.3 is 0 Å². The van der Waals surface area contributed by atoms with Crippen molar-refractivity contribution in [1.29, 1.82) is 0 Å². The number of nitrogens with zero attached hydrogens (tertiary/aromatic N) is 4. The molecular formula is C39H40N4. The van der Waals surface area contributed by atoms with Crippen LogP contribution in [0, 0.1) is 5.41 Å². The van der Waals surface area contributed by atoms with Crippen molar-refractivity contribution in [2.75, 3.05) is 0 Å². The van der Waals surface area contributed by atoms with E-state index in [1.54, 1.807) is 0 Å². The van der Waals surface area contributed by atoms with Crippen molar-refractivity contribution in [2.24, 2.45) is 5.41 Å². The molecule has 3 heterocycles. The Labute approximate surface area is 254 Å². The first kappa shape index (κ1) is 28.4. The Morgan fingerprint density at radius 1 is 0.698 bits per heavy atom. The number of allylic oxidation sites excluding steroid dienone is 1. The van der Waals surface area contributed by atoms with E-state index < -0.39 is 0 Å². The molecule has 4 nitrogen and oxygen atoms in total. The molecular weight excluding hydrogens is 524 g/mol. The molecule has 0 N–H and O–H groups in total. The predicted molar refractivity (Wildman–Crippen MR) is 185 cm³/mol. The fourth-order valence-corrected chi connectivity index (χ4v) is 5.74. The SMILES string of the molecule is C=Cc1ccc2c(c1)c1cc(C=C)ccc1n2-c1cncc(-n2c(/C=C\CC(C)(C)C)cc3cc(C(C)(C)C)ccc32)n1. The van der Waals surface area contributed by atoms with Crippen molar-refractivity contribution in [2.45, 2.75) is 53.4 Å². The summed E-state index contributed by atoms with van der Waals surface area (Å²) in [6, 6.07) is 21.9. The summed E-state index contributed by atoms with van der Waals surface area (Å²) in [6.07, 6.45) is 13.0. The molecule has 6 rings (SSSR count). The quantitative estimate of drug-likeness (QED) is 0.202. The van der Waals surface area contributed by atoms with Crippen LogP contribution in [-0.2, 0) is 5.41 Å². The average Bonchev–Trinajstić information content (AvgIpc) is 3.50. The van der Waals surface area contributed by atoms with Crippen molar-refractivity contribution in [1.82, 2.24) is 19.1 Å². The Bertz CT molecular complexity index is 1990. The highest BCUT2D eigenvalue weighted by Gasteiger charge is 2.19. The van der Waals surface area contributed by atoms with E-state index in [2.05, 4.69) is 137 Å². The fraction of sp³-hybridized carbons (Fsp3) is 0.231. The van der Waals surface area contributed by atoms with Gasteiger partial charge in [-0.15, -0.1) is 0 Å². The lowest BCUT2D eigenvalue weighted by atomic mass is 9.86. The molecule has 0 aliphatic heterocycles. The van der Waals surface area contributed by atoms with Gasteiger partial charge in [-0.1, -0.05) is 91.1 Å². The van der Waals surface area contributed by atoms with Gasteiger partial charge in [0.1, 0.15) is 0 Å². The van der Waals surface area contributed by atoms with Crippen LogP contribution in [0.3, 0.4) is 0 Å². The van der Waals surface area contributed by atoms with Gasteiger partial charge < -0.3 is 0 Å². The summed E-state index contributed by atoms with van der Waals surface area (Å²) in [5.74, 6) is 1.56. The monoisotopic (exact) mass is 564 g/mol. The molecule has 0 saturated carbocycles. The minimum atomic E-state index is 0.0612. The molecule has 0 aliphatic rings. The normalized spacial score (nSPS) is 12.6. The summed E-state index contributed by atoms with van der Waals surface area (Å²) in [5, 5.41) is 3.49. The van der Waals surface area contributed by atoms with Crippen LogP contribution >= 0.6 is 0 Å². The molecule has 0 saturated heterocycles. The van der Waals surface area contributed by atoms with Gasteiger partial charge in [0.15, 0.2) is 11.6 Å². The van der Waals surface area contributed by atoms with E-state index in [4.69, 9.17) is 9.97 Å². The van der Waals surface area contributed by atoms with Crippen LogP contribution < -0.4 is 0 Å². The van der Waals surface area contributed by atoms with Crippen molar-refractivity contribution in [3.05, 3.63) is 115 Å². The van der Waals surface area contributed by atoms with Gasteiger partial charge in [-0.05, 0) is 82.5 Å². The van der Waals surface area contributed by atoms with E-state index in [1.807, 2.05) is 24.5 Å². The van der Waals surface area contributed by atoms with E-state index in [-0.39, 0.29) is 10.8 Å². The summed E-state index contributed by atoms with van der Waals surface area (Å²) in [6.45, 7) is 21.5. The van der Waals surface area contributed by atoms with Crippen molar-refractivity contribution >= 4 is 50.9 Å². The van der Waals surface area contributed by atoms with Gasteiger partial charge in [-0.3, -0.25) is 14.1 Å². The Hall–Kier alpha value is -4.70. The van der Waals surface area contributed by atoms with Crippen LogP contribution in [0.5, 0.6) is 0 Å². The molecule has 0 aliphatic carbocycles. The first-order valence-corrected chi connectivity index (χ1v) is 15.0. The van der Waals surface area contributed by atoms with Crippen LogP contribution in [0.4, 0.5) is 0 Å². The number of rotatable bonds is 6. The van der Waals surface area contributed by atoms with Crippen LogP contribution in [-0.4, -0.2) is 19.1 Å². The lowest BCUT2D eigenvalue weighted by molar-refractivity contribution is 0.421. The molecule has 0 fully saturated rings. The van der Waals surface area contributed by atoms with Gasteiger partial charge in [0, 0.05) is 21.9 Å². The second kappa shape index (κ2) is 10.5. The Morgan fingerprint density at radius 3 is 1.84 bits per heavy atom. The molecule has 3 aromatic carbocycles. The molecule has 6 aromatic rings. The first-order valence-electron chi connectivity index (χ1n) is 15.0. The van der Waals surface area contributed by atoms with E-state index >= 15 is 0 Å². The maximum atomic E-state index is 5.27. The standard InChI is InChI=1S/C39H40N4/c1-9-26-13-16-34-31(20-26)32-21-27(10-2)14-17-35(32)43(34)37-25-40-24-36(41-37)42-30(12-11-19-38(3,4)5)23-28-22-29(39(6,7)8)15-18-33(28)42/h9-18,20-25H,1-2,19H2,3-8H3/b12-11-. The molecule has 43 heavy (non-hydrogen) atoms. The molecule has 3 aromatic heterocycles. The fourth-order valence-electron chi connectivity index (χ4n) is 5.74. The van der Waals surface area contributed by atoms with Crippen molar-refractivity contribution in [3.63, 3.8) is 0 Å². The summed E-state index contributed by atoms with van der Waals surface area (Å²) in [7, 11) is 0. The Kier molecular flexibility index (Phi) is 6.96. The second-order valence-corrected chi connectivity index (χ2v) is 13.6. The van der Waals surface area contributed by atoms with E-state index in [0.29, 0.717) is 0 Å². The van der Waals surface area contributed by atoms with Gasteiger partial charge in [0.25, 0.3) is 0 Å². The summed E-state index contributed by atoms with van der Waals surface area (Å²) in [5.41, 5.74) is 8.09. The third-order valence-electron chi connectivity index (χ3n) is 8.07. The van der Waals surface area contributed by atoms with Gasteiger partial charge in [0.2, 0.25) is 0 Å². The summed E-state index contributed by atoms with van der Waals surface area (Å²) in [4.78, 5) is 10.0. The zero-order valence-electron chi connectivity index (χ0n) is 26.1.